The molecule has 2 aromatic rings. The maximum atomic E-state index is 12.4. The maximum absolute atomic E-state index is 12.4. The van der Waals surface area contributed by atoms with Gasteiger partial charge in [0.2, 0.25) is 12.7 Å². The SMILES string of the molecule is CC(=O)c1cc2c(cc1NC(=O)CN(C)Cc1ccc(Br)cc1)OCO2. The first-order valence-corrected chi connectivity index (χ1v) is 8.89. The number of likely N-dealkylation sites (N-methyl/N-ethyl adjacent to an activating group) is 1. The van der Waals surface area contributed by atoms with Crippen molar-refractivity contribution in [2.24, 2.45) is 0 Å². The van der Waals surface area contributed by atoms with Gasteiger partial charge in [-0.1, -0.05) is 28.1 Å². The molecule has 136 valence electrons. The number of hydrogen-bond acceptors (Lipinski definition) is 5. The van der Waals surface area contributed by atoms with Crippen molar-refractivity contribution in [1.29, 1.82) is 0 Å². The Hall–Kier alpha value is -2.38. The van der Waals surface area contributed by atoms with E-state index in [1.807, 2.05) is 36.2 Å². The van der Waals surface area contributed by atoms with Gasteiger partial charge in [0.15, 0.2) is 17.3 Å². The summed E-state index contributed by atoms with van der Waals surface area (Å²) in [5, 5.41) is 2.80. The number of carbonyl (C=O) groups is 2. The molecular weight excluding hydrogens is 400 g/mol. The first-order valence-electron chi connectivity index (χ1n) is 8.10. The van der Waals surface area contributed by atoms with Crippen LogP contribution in [0, 0.1) is 0 Å². The molecule has 0 aliphatic carbocycles. The Labute approximate surface area is 160 Å². The minimum Gasteiger partial charge on any atom is -0.454 e. The zero-order valence-electron chi connectivity index (χ0n) is 14.5. The van der Waals surface area contributed by atoms with Crippen LogP contribution in [0.4, 0.5) is 5.69 Å². The zero-order valence-corrected chi connectivity index (χ0v) is 16.1. The predicted octanol–water partition coefficient (Wildman–Crippen LogP) is 3.45. The van der Waals surface area contributed by atoms with E-state index < -0.39 is 0 Å². The number of fused-ring (bicyclic) bond motifs is 1. The van der Waals surface area contributed by atoms with Crippen molar-refractivity contribution >= 4 is 33.3 Å². The quantitative estimate of drug-likeness (QED) is 0.727. The molecule has 7 heteroatoms. The highest BCUT2D eigenvalue weighted by molar-refractivity contribution is 9.10. The van der Waals surface area contributed by atoms with Crippen molar-refractivity contribution in [2.45, 2.75) is 13.5 Å². The van der Waals surface area contributed by atoms with E-state index >= 15 is 0 Å². The summed E-state index contributed by atoms with van der Waals surface area (Å²) < 4.78 is 11.6. The lowest BCUT2D eigenvalue weighted by Gasteiger charge is -2.17. The molecular formula is C19H19BrN2O4. The number of benzene rings is 2. The Morgan fingerprint density at radius 3 is 2.46 bits per heavy atom. The molecule has 1 aliphatic rings. The van der Waals surface area contributed by atoms with Gasteiger partial charge in [-0.25, -0.2) is 0 Å². The number of ether oxygens (including phenoxy) is 2. The van der Waals surface area contributed by atoms with Crippen LogP contribution in [-0.4, -0.2) is 37.0 Å². The van der Waals surface area contributed by atoms with Crippen LogP contribution >= 0.6 is 15.9 Å². The number of amides is 1. The predicted molar refractivity (Wildman–Crippen MR) is 102 cm³/mol. The molecule has 0 saturated heterocycles. The Morgan fingerprint density at radius 2 is 1.81 bits per heavy atom. The topological polar surface area (TPSA) is 67.9 Å². The van der Waals surface area contributed by atoms with Crippen LogP contribution in [0.3, 0.4) is 0 Å². The van der Waals surface area contributed by atoms with Crippen LogP contribution in [0.15, 0.2) is 40.9 Å². The van der Waals surface area contributed by atoms with E-state index in [1.54, 1.807) is 12.1 Å². The van der Waals surface area contributed by atoms with Crippen molar-refractivity contribution in [3.63, 3.8) is 0 Å². The summed E-state index contributed by atoms with van der Waals surface area (Å²) in [7, 11) is 1.87. The van der Waals surface area contributed by atoms with E-state index in [-0.39, 0.29) is 25.0 Å². The molecule has 1 aliphatic heterocycles. The molecule has 1 amide bonds. The Morgan fingerprint density at radius 1 is 1.15 bits per heavy atom. The molecule has 1 N–H and O–H groups in total. The van der Waals surface area contributed by atoms with E-state index in [0.29, 0.717) is 29.3 Å². The highest BCUT2D eigenvalue weighted by atomic mass is 79.9. The lowest BCUT2D eigenvalue weighted by molar-refractivity contribution is -0.117. The highest BCUT2D eigenvalue weighted by Crippen LogP contribution is 2.37. The number of carbonyl (C=O) groups excluding carboxylic acids is 2. The summed E-state index contributed by atoms with van der Waals surface area (Å²) >= 11 is 3.40. The first kappa shape index (κ1) is 18.4. The van der Waals surface area contributed by atoms with Crippen LogP contribution in [0.25, 0.3) is 0 Å². The second kappa shape index (κ2) is 7.88. The van der Waals surface area contributed by atoms with Crippen molar-refractivity contribution < 1.29 is 19.1 Å². The van der Waals surface area contributed by atoms with Crippen LogP contribution in [0.2, 0.25) is 0 Å². The smallest absolute Gasteiger partial charge is 0.238 e. The average molecular weight is 419 g/mol. The van der Waals surface area contributed by atoms with Gasteiger partial charge in [-0.15, -0.1) is 0 Å². The van der Waals surface area contributed by atoms with Gasteiger partial charge in [0.05, 0.1) is 12.2 Å². The third-order valence-electron chi connectivity index (χ3n) is 3.95. The molecule has 6 nitrogen and oxygen atoms in total. The molecule has 0 radical (unpaired) electrons. The summed E-state index contributed by atoms with van der Waals surface area (Å²) in [4.78, 5) is 26.2. The summed E-state index contributed by atoms with van der Waals surface area (Å²) in [6.07, 6.45) is 0. The van der Waals surface area contributed by atoms with Crippen LogP contribution in [-0.2, 0) is 11.3 Å². The standard InChI is InChI=1S/C19H19BrN2O4/c1-12(23)15-7-17-18(26-11-25-17)8-16(15)21-19(24)10-22(2)9-13-3-5-14(20)6-4-13/h3-8H,9-11H2,1-2H3,(H,21,24). The van der Waals surface area contributed by atoms with Gasteiger partial charge in [0, 0.05) is 22.6 Å². The van der Waals surface area contributed by atoms with Gasteiger partial charge < -0.3 is 14.8 Å². The van der Waals surface area contributed by atoms with Crippen LogP contribution < -0.4 is 14.8 Å². The number of nitrogens with one attached hydrogen (secondary N) is 1. The van der Waals surface area contributed by atoms with Crippen molar-refractivity contribution in [3.05, 3.63) is 52.0 Å². The number of rotatable bonds is 6. The molecule has 0 fully saturated rings. The number of halogens is 1. The van der Waals surface area contributed by atoms with Crippen LogP contribution in [0.5, 0.6) is 11.5 Å². The second-order valence-corrected chi connectivity index (χ2v) is 7.07. The largest absolute Gasteiger partial charge is 0.454 e. The fourth-order valence-corrected chi connectivity index (χ4v) is 2.99. The van der Waals surface area contributed by atoms with Gasteiger partial charge in [-0.3, -0.25) is 14.5 Å². The van der Waals surface area contributed by atoms with Gasteiger partial charge in [0.1, 0.15) is 0 Å². The van der Waals surface area contributed by atoms with Crippen molar-refractivity contribution in [1.82, 2.24) is 4.90 Å². The monoisotopic (exact) mass is 418 g/mol. The van der Waals surface area contributed by atoms with E-state index in [2.05, 4.69) is 21.2 Å². The van der Waals surface area contributed by atoms with Gasteiger partial charge in [-0.05, 0) is 37.7 Å². The summed E-state index contributed by atoms with van der Waals surface area (Å²) in [5.41, 5.74) is 1.94. The average Bonchev–Trinajstić information content (AvgIpc) is 3.03. The normalized spacial score (nSPS) is 12.3. The number of hydrogen-bond donors (Lipinski definition) is 1. The van der Waals surface area contributed by atoms with Gasteiger partial charge in [0.25, 0.3) is 0 Å². The third-order valence-corrected chi connectivity index (χ3v) is 4.47. The van der Waals surface area contributed by atoms with E-state index in [0.717, 1.165) is 10.0 Å². The number of ketones is 1. The highest BCUT2D eigenvalue weighted by Gasteiger charge is 2.20. The fourth-order valence-electron chi connectivity index (χ4n) is 2.73. The van der Waals surface area contributed by atoms with Gasteiger partial charge in [-0.2, -0.15) is 0 Å². The van der Waals surface area contributed by atoms with E-state index in [9.17, 15) is 9.59 Å². The molecule has 1 heterocycles. The second-order valence-electron chi connectivity index (χ2n) is 6.15. The number of nitrogens with zero attached hydrogens (tertiary/aromatic N) is 1. The maximum Gasteiger partial charge on any atom is 0.238 e. The molecule has 0 atom stereocenters. The molecule has 3 rings (SSSR count). The Balaban J connectivity index is 1.66. The van der Waals surface area contributed by atoms with Crippen molar-refractivity contribution in [3.8, 4) is 11.5 Å². The van der Waals surface area contributed by atoms with Crippen molar-refractivity contribution in [2.75, 3.05) is 25.7 Å². The molecule has 0 aromatic heterocycles. The zero-order chi connectivity index (χ0) is 18.7. The van der Waals surface area contributed by atoms with Gasteiger partial charge >= 0.3 is 0 Å². The fraction of sp³-hybridized carbons (Fsp3) is 0.263. The number of Topliss-reactive ketones (excluding diaryl/α,β-unsaturated/α-hetero) is 1. The van der Waals surface area contributed by atoms with Crippen LogP contribution in [0.1, 0.15) is 22.8 Å². The molecule has 2 aromatic carbocycles. The Kier molecular flexibility index (Phi) is 5.58. The summed E-state index contributed by atoms with van der Waals surface area (Å²) in [6.45, 7) is 2.40. The molecule has 0 saturated carbocycles. The van der Waals surface area contributed by atoms with E-state index in [1.165, 1.54) is 6.92 Å². The summed E-state index contributed by atoms with van der Waals surface area (Å²) in [5.74, 6) is 0.682. The lowest BCUT2D eigenvalue weighted by Crippen LogP contribution is -2.30. The third kappa shape index (κ3) is 4.42. The number of anilines is 1. The molecule has 0 spiro atoms. The van der Waals surface area contributed by atoms with E-state index in [4.69, 9.17) is 9.47 Å². The minimum absolute atomic E-state index is 0.111. The minimum atomic E-state index is -0.203. The molecule has 0 unspecified atom stereocenters. The summed E-state index contributed by atoms with van der Waals surface area (Å²) in [6, 6.07) is 11.2. The lowest BCUT2D eigenvalue weighted by atomic mass is 10.1. The Bertz CT molecular complexity index is 836. The molecule has 0 bridgehead atoms. The molecule has 26 heavy (non-hydrogen) atoms. The first-order chi connectivity index (χ1) is 12.4.